The number of carbonyl (C=O) groups is 1. The van der Waals surface area contributed by atoms with Crippen molar-refractivity contribution < 1.29 is 4.79 Å². The molecule has 1 aliphatic rings. The van der Waals surface area contributed by atoms with E-state index in [2.05, 4.69) is 24.1 Å². The van der Waals surface area contributed by atoms with Gasteiger partial charge < -0.3 is 11.1 Å². The molecule has 0 bridgehead atoms. The fourth-order valence-electron chi connectivity index (χ4n) is 3.05. The van der Waals surface area contributed by atoms with Crippen molar-refractivity contribution in [3.63, 3.8) is 0 Å². The van der Waals surface area contributed by atoms with Crippen LogP contribution in [-0.2, 0) is 4.79 Å². The average molecular weight is 269 g/mol. The van der Waals surface area contributed by atoms with Gasteiger partial charge in [0.2, 0.25) is 5.91 Å². The molecule has 0 saturated heterocycles. The Hall–Kier alpha value is -0.610. The van der Waals surface area contributed by atoms with Gasteiger partial charge in [-0.3, -0.25) is 9.69 Å². The van der Waals surface area contributed by atoms with Crippen LogP contribution >= 0.6 is 0 Å². The topological polar surface area (TPSA) is 58.4 Å². The smallest absolute Gasteiger partial charge is 0.234 e. The first kappa shape index (κ1) is 16.4. The van der Waals surface area contributed by atoms with Crippen LogP contribution in [0.5, 0.6) is 0 Å². The number of nitrogens with zero attached hydrogens (tertiary/aromatic N) is 1. The van der Waals surface area contributed by atoms with E-state index >= 15 is 0 Å². The van der Waals surface area contributed by atoms with E-state index in [4.69, 9.17) is 5.73 Å². The number of nitrogens with two attached hydrogens (primary N) is 1. The summed E-state index contributed by atoms with van der Waals surface area (Å²) in [7, 11) is 0. The highest BCUT2D eigenvalue weighted by Crippen LogP contribution is 2.27. The Bertz CT molecular complexity index is 258. The molecule has 0 heterocycles. The molecule has 1 rings (SSSR count). The molecule has 0 aromatic carbocycles. The van der Waals surface area contributed by atoms with Crippen molar-refractivity contribution in [2.45, 2.75) is 58.4 Å². The molecule has 19 heavy (non-hydrogen) atoms. The molecule has 2 unspecified atom stereocenters. The Balaban J connectivity index is 2.44. The lowest BCUT2D eigenvalue weighted by Gasteiger charge is -2.38. The maximum atomic E-state index is 11.9. The van der Waals surface area contributed by atoms with Gasteiger partial charge in [0.05, 0.1) is 6.54 Å². The van der Waals surface area contributed by atoms with Crippen molar-refractivity contribution in [3.8, 4) is 0 Å². The number of carbonyl (C=O) groups excluding carboxylic acids is 1. The van der Waals surface area contributed by atoms with Gasteiger partial charge in [0.1, 0.15) is 0 Å². The molecule has 1 fully saturated rings. The number of rotatable bonds is 8. The summed E-state index contributed by atoms with van der Waals surface area (Å²) in [6.45, 7) is 7.29. The zero-order valence-electron chi connectivity index (χ0n) is 12.7. The Morgan fingerprint density at radius 3 is 2.68 bits per heavy atom. The zero-order chi connectivity index (χ0) is 14.1. The number of likely N-dealkylation sites (N-methyl/N-ethyl adjacent to an activating group) is 1. The second-order valence-electron chi connectivity index (χ2n) is 5.61. The lowest BCUT2D eigenvalue weighted by Crippen LogP contribution is -2.49. The van der Waals surface area contributed by atoms with Crippen LogP contribution in [-0.4, -0.2) is 43.0 Å². The fraction of sp³-hybridized carbons (Fsp3) is 0.933. The summed E-state index contributed by atoms with van der Waals surface area (Å²) < 4.78 is 0. The lowest BCUT2D eigenvalue weighted by atomic mass is 9.83. The van der Waals surface area contributed by atoms with Crippen LogP contribution < -0.4 is 11.1 Å². The molecule has 1 aliphatic carbocycles. The van der Waals surface area contributed by atoms with Gasteiger partial charge in [-0.05, 0) is 38.3 Å². The number of unbranched alkanes of at least 4 members (excludes halogenated alkanes) is 1. The van der Waals surface area contributed by atoms with Crippen LogP contribution in [0.1, 0.15) is 52.4 Å². The van der Waals surface area contributed by atoms with Crippen LogP contribution in [0.15, 0.2) is 0 Å². The first-order valence-electron chi connectivity index (χ1n) is 7.93. The summed E-state index contributed by atoms with van der Waals surface area (Å²) in [4.78, 5) is 14.3. The number of hydrogen-bond donors (Lipinski definition) is 2. The Kier molecular flexibility index (Phi) is 8.07. The van der Waals surface area contributed by atoms with E-state index in [1.165, 1.54) is 25.7 Å². The molecule has 2 atom stereocenters. The highest BCUT2D eigenvalue weighted by Gasteiger charge is 2.29. The summed E-state index contributed by atoms with van der Waals surface area (Å²) in [6, 6.07) is 0.501. The normalized spacial score (nSPS) is 23.6. The third-order valence-electron chi connectivity index (χ3n) is 4.25. The van der Waals surface area contributed by atoms with Gasteiger partial charge in [-0.25, -0.2) is 0 Å². The van der Waals surface area contributed by atoms with Crippen molar-refractivity contribution in [1.82, 2.24) is 10.2 Å². The second kappa shape index (κ2) is 9.32. The minimum Gasteiger partial charge on any atom is -0.355 e. The molecule has 4 heteroatoms. The Morgan fingerprint density at radius 1 is 1.32 bits per heavy atom. The highest BCUT2D eigenvalue weighted by atomic mass is 16.2. The van der Waals surface area contributed by atoms with Gasteiger partial charge >= 0.3 is 0 Å². The van der Waals surface area contributed by atoms with Gasteiger partial charge in [-0.15, -0.1) is 0 Å². The zero-order valence-corrected chi connectivity index (χ0v) is 12.7. The van der Waals surface area contributed by atoms with Gasteiger partial charge in [0, 0.05) is 12.6 Å². The molecule has 112 valence electrons. The van der Waals surface area contributed by atoms with E-state index < -0.39 is 0 Å². The molecule has 0 spiro atoms. The molecule has 3 N–H and O–H groups in total. The van der Waals surface area contributed by atoms with Crippen LogP contribution in [0, 0.1) is 5.92 Å². The standard InChI is InChI=1S/C15H31N3O/c1-3-5-10-17-15(19)12-18(4-2)14-9-7-6-8-13(14)11-16/h13-14H,3-12,16H2,1-2H3,(H,17,19). The quantitative estimate of drug-likeness (QED) is 0.660. The van der Waals surface area contributed by atoms with Crippen molar-refractivity contribution in [2.75, 3.05) is 26.2 Å². The molecule has 4 nitrogen and oxygen atoms in total. The third-order valence-corrected chi connectivity index (χ3v) is 4.25. The summed E-state index contributed by atoms with van der Waals surface area (Å²) >= 11 is 0. The van der Waals surface area contributed by atoms with Crippen LogP contribution in [0.3, 0.4) is 0 Å². The molecule has 0 aliphatic heterocycles. The van der Waals surface area contributed by atoms with Crippen LogP contribution in [0.25, 0.3) is 0 Å². The van der Waals surface area contributed by atoms with E-state index in [0.29, 0.717) is 18.5 Å². The van der Waals surface area contributed by atoms with E-state index in [-0.39, 0.29) is 5.91 Å². The van der Waals surface area contributed by atoms with Crippen molar-refractivity contribution in [3.05, 3.63) is 0 Å². The minimum atomic E-state index is 0.164. The Morgan fingerprint density at radius 2 is 2.05 bits per heavy atom. The van der Waals surface area contributed by atoms with E-state index in [9.17, 15) is 4.79 Å². The monoisotopic (exact) mass is 269 g/mol. The molecular weight excluding hydrogens is 238 g/mol. The van der Waals surface area contributed by atoms with Crippen molar-refractivity contribution in [2.24, 2.45) is 11.7 Å². The first-order valence-corrected chi connectivity index (χ1v) is 7.93. The second-order valence-corrected chi connectivity index (χ2v) is 5.61. The van der Waals surface area contributed by atoms with Crippen LogP contribution in [0.2, 0.25) is 0 Å². The number of hydrogen-bond acceptors (Lipinski definition) is 3. The highest BCUT2D eigenvalue weighted by molar-refractivity contribution is 5.78. The third kappa shape index (κ3) is 5.49. The molecular formula is C15H31N3O. The van der Waals surface area contributed by atoms with Gasteiger partial charge in [-0.2, -0.15) is 0 Å². The van der Waals surface area contributed by atoms with Gasteiger partial charge in [0.15, 0.2) is 0 Å². The van der Waals surface area contributed by atoms with E-state index in [0.717, 1.165) is 32.5 Å². The summed E-state index contributed by atoms with van der Waals surface area (Å²) in [5.41, 5.74) is 5.89. The maximum Gasteiger partial charge on any atom is 0.234 e. The largest absolute Gasteiger partial charge is 0.355 e. The maximum absolute atomic E-state index is 11.9. The summed E-state index contributed by atoms with van der Waals surface area (Å²) in [5, 5.41) is 3.01. The molecule has 0 aromatic rings. The number of amides is 1. The summed E-state index contributed by atoms with van der Waals surface area (Å²) in [6.07, 6.45) is 7.16. The van der Waals surface area contributed by atoms with Crippen molar-refractivity contribution >= 4 is 5.91 Å². The molecule has 1 amide bonds. The Labute approximate surface area is 118 Å². The van der Waals surface area contributed by atoms with Gasteiger partial charge in [0.25, 0.3) is 0 Å². The molecule has 0 aromatic heterocycles. The predicted octanol–water partition coefficient (Wildman–Crippen LogP) is 1.74. The SMILES string of the molecule is CCCCNC(=O)CN(CC)C1CCCCC1CN. The van der Waals surface area contributed by atoms with E-state index in [1.54, 1.807) is 0 Å². The van der Waals surface area contributed by atoms with Crippen LogP contribution in [0.4, 0.5) is 0 Å². The first-order chi connectivity index (χ1) is 9.22. The van der Waals surface area contributed by atoms with Crippen molar-refractivity contribution in [1.29, 1.82) is 0 Å². The predicted molar refractivity (Wildman–Crippen MR) is 80.0 cm³/mol. The summed E-state index contributed by atoms with van der Waals surface area (Å²) in [5.74, 6) is 0.730. The minimum absolute atomic E-state index is 0.164. The van der Waals surface area contributed by atoms with E-state index in [1.807, 2.05) is 0 Å². The van der Waals surface area contributed by atoms with Gasteiger partial charge in [-0.1, -0.05) is 33.1 Å². The molecule has 0 radical (unpaired) electrons. The number of nitrogens with one attached hydrogen (secondary N) is 1. The molecule has 1 saturated carbocycles. The average Bonchev–Trinajstić information content (AvgIpc) is 2.45. The fourth-order valence-corrected chi connectivity index (χ4v) is 3.05. The lowest BCUT2D eigenvalue weighted by molar-refractivity contribution is -0.123.